The van der Waals surface area contributed by atoms with Crippen molar-refractivity contribution in [2.45, 2.75) is 4.34 Å². The summed E-state index contributed by atoms with van der Waals surface area (Å²) in [6, 6.07) is 7.10. The van der Waals surface area contributed by atoms with Gasteiger partial charge in [0.05, 0.1) is 12.9 Å². The van der Waals surface area contributed by atoms with Gasteiger partial charge in [-0.15, -0.1) is 10.2 Å². The molecule has 0 atom stereocenters. The van der Waals surface area contributed by atoms with Crippen LogP contribution in [0.4, 0.5) is 5.69 Å². The number of nitrogens with one attached hydrogen (secondary N) is 1. The number of hydrogen-bond acceptors (Lipinski definition) is 8. The monoisotopic (exact) mass is 349 g/mol. The number of anilines is 1. The maximum atomic E-state index is 12.0. The summed E-state index contributed by atoms with van der Waals surface area (Å²) in [6.45, 7) is 0. The highest BCUT2D eigenvalue weighted by atomic mass is 32.2. The van der Waals surface area contributed by atoms with Gasteiger partial charge < -0.3 is 10.1 Å². The number of amides is 1. The Bertz CT molecular complexity index is 908. The Morgan fingerprint density at radius 2 is 2.35 bits per heavy atom. The zero-order chi connectivity index (χ0) is 16.2. The van der Waals surface area contributed by atoms with Crippen LogP contribution < -0.4 is 15.6 Å². The number of thioether (sulfide) groups is 1. The number of carbonyl (C=O) groups is 1. The summed E-state index contributed by atoms with van der Waals surface area (Å²) >= 11 is 2.44. The average molecular weight is 349 g/mol. The van der Waals surface area contributed by atoms with Gasteiger partial charge in [-0.05, 0) is 12.1 Å². The van der Waals surface area contributed by atoms with Gasteiger partial charge in [0.1, 0.15) is 11.9 Å². The van der Waals surface area contributed by atoms with Crippen molar-refractivity contribution in [2.24, 2.45) is 0 Å². The molecule has 10 heteroatoms. The maximum Gasteiger partial charge on any atom is 0.293 e. The summed E-state index contributed by atoms with van der Waals surface area (Å²) in [7, 11) is 1.56. The third kappa shape index (κ3) is 3.66. The molecule has 0 saturated heterocycles. The molecule has 23 heavy (non-hydrogen) atoms. The van der Waals surface area contributed by atoms with Gasteiger partial charge in [0.15, 0.2) is 4.34 Å². The Kier molecular flexibility index (Phi) is 4.53. The highest BCUT2D eigenvalue weighted by Gasteiger charge is 2.10. The molecule has 0 fully saturated rings. The second kappa shape index (κ2) is 6.75. The zero-order valence-electron chi connectivity index (χ0n) is 11.9. The Balaban J connectivity index is 1.63. The highest BCUT2D eigenvalue weighted by molar-refractivity contribution is 8.01. The van der Waals surface area contributed by atoms with Gasteiger partial charge in [-0.1, -0.05) is 29.2 Å². The van der Waals surface area contributed by atoms with Gasteiger partial charge in [-0.3, -0.25) is 9.59 Å². The SMILES string of the molecule is COc1cccc(NC(=O)CSc2nn3c(=O)cnnc3s2)c1. The zero-order valence-corrected chi connectivity index (χ0v) is 13.6. The molecule has 0 aliphatic heterocycles. The number of carbonyl (C=O) groups excluding carboxylic acids is 1. The molecule has 0 aliphatic carbocycles. The van der Waals surface area contributed by atoms with Crippen molar-refractivity contribution in [3.63, 3.8) is 0 Å². The van der Waals surface area contributed by atoms with Crippen molar-refractivity contribution >= 4 is 39.7 Å². The molecule has 0 bridgehead atoms. The maximum absolute atomic E-state index is 12.0. The van der Waals surface area contributed by atoms with E-state index < -0.39 is 0 Å². The first-order valence-electron chi connectivity index (χ1n) is 6.44. The molecule has 2 aromatic heterocycles. The molecule has 1 amide bonds. The lowest BCUT2D eigenvalue weighted by atomic mass is 10.3. The quantitative estimate of drug-likeness (QED) is 0.693. The first-order chi connectivity index (χ1) is 11.2. The van der Waals surface area contributed by atoms with Gasteiger partial charge in [0.25, 0.3) is 5.56 Å². The van der Waals surface area contributed by atoms with Gasteiger partial charge in [0.2, 0.25) is 10.9 Å². The number of methoxy groups -OCH3 is 1. The Labute approximate surface area is 138 Å². The lowest BCUT2D eigenvalue weighted by Crippen LogP contribution is -2.15. The summed E-state index contributed by atoms with van der Waals surface area (Å²) in [5.41, 5.74) is 0.306. The van der Waals surface area contributed by atoms with Crippen LogP contribution in [0.5, 0.6) is 5.75 Å². The third-order valence-corrected chi connectivity index (χ3v) is 4.77. The first kappa shape index (κ1) is 15.4. The fourth-order valence-corrected chi connectivity index (χ4v) is 3.42. The Hall–Kier alpha value is -2.46. The van der Waals surface area contributed by atoms with Crippen molar-refractivity contribution in [2.75, 3.05) is 18.2 Å². The molecule has 3 rings (SSSR count). The molecular formula is C13H11N5O3S2. The Morgan fingerprint density at radius 1 is 1.48 bits per heavy atom. The number of nitrogens with zero attached hydrogens (tertiary/aromatic N) is 4. The van der Waals surface area contributed by atoms with Crippen LogP contribution in [0.2, 0.25) is 0 Å². The number of aromatic nitrogens is 4. The van der Waals surface area contributed by atoms with Crippen LogP contribution in [0.3, 0.4) is 0 Å². The van der Waals surface area contributed by atoms with E-state index in [1.54, 1.807) is 31.4 Å². The van der Waals surface area contributed by atoms with Crippen molar-refractivity contribution < 1.29 is 9.53 Å². The van der Waals surface area contributed by atoms with Gasteiger partial charge in [-0.2, -0.15) is 9.61 Å². The summed E-state index contributed by atoms with van der Waals surface area (Å²) in [4.78, 5) is 23.9. The topological polar surface area (TPSA) is 98.5 Å². The Morgan fingerprint density at radius 3 is 3.13 bits per heavy atom. The summed E-state index contributed by atoms with van der Waals surface area (Å²) in [5, 5.41) is 14.3. The van der Waals surface area contributed by atoms with E-state index in [1.165, 1.54) is 27.6 Å². The van der Waals surface area contributed by atoms with Crippen LogP contribution in [-0.2, 0) is 4.79 Å². The molecule has 0 radical (unpaired) electrons. The average Bonchev–Trinajstić information content (AvgIpc) is 2.98. The van der Waals surface area contributed by atoms with E-state index in [4.69, 9.17) is 4.74 Å². The molecule has 1 N–H and O–H groups in total. The molecule has 2 heterocycles. The molecular weight excluding hydrogens is 338 g/mol. The van der Waals surface area contributed by atoms with Crippen LogP contribution in [0.1, 0.15) is 0 Å². The molecule has 0 unspecified atom stereocenters. The molecule has 0 saturated carbocycles. The van der Waals surface area contributed by atoms with Gasteiger partial charge in [-0.25, -0.2) is 0 Å². The molecule has 0 aliphatic rings. The van der Waals surface area contributed by atoms with Crippen LogP contribution >= 0.6 is 23.1 Å². The second-order valence-corrected chi connectivity index (χ2v) is 6.49. The van der Waals surface area contributed by atoms with Crippen molar-refractivity contribution in [3.8, 4) is 5.75 Å². The molecule has 118 valence electrons. The van der Waals surface area contributed by atoms with Gasteiger partial charge >= 0.3 is 0 Å². The van der Waals surface area contributed by atoms with Crippen LogP contribution in [0.15, 0.2) is 39.6 Å². The van der Waals surface area contributed by atoms with E-state index in [0.29, 0.717) is 20.7 Å². The highest BCUT2D eigenvalue weighted by Crippen LogP contribution is 2.23. The standard InChI is InChI=1S/C13H11N5O3S2/c1-21-9-4-2-3-8(5-9)15-10(19)7-22-13-17-18-11(20)6-14-16-12(18)23-13/h2-6H,7H2,1H3,(H,15,19). The summed E-state index contributed by atoms with van der Waals surface area (Å²) in [6.07, 6.45) is 1.09. The normalized spacial score (nSPS) is 10.7. The molecule has 8 nitrogen and oxygen atoms in total. The molecule has 3 aromatic rings. The minimum Gasteiger partial charge on any atom is -0.497 e. The molecule has 1 aromatic carbocycles. The predicted octanol–water partition coefficient (Wildman–Crippen LogP) is 1.29. The fraction of sp³-hybridized carbons (Fsp3) is 0.154. The first-order valence-corrected chi connectivity index (χ1v) is 8.24. The third-order valence-electron chi connectivity index (χ3n) is 2.74. The smallest absolute Gasteiger partial charge is 0.293 e. The van der Waals surface area contributed by atoms with Crippen molar-refractivity contribution in [3.05, 3.63) is 40.8 Å². The van der Waals surface area contributed by atoms with Crippen LogP contribution in [-0.4, -0.2) is 38.6 Å². The lowest BCUT2D eigenvalue weighted by Gasteiger charge is -2.06. The van der Waals surface area contributed by atoms with E-state index in [0.717, 1.165) is 6.20 Å². The number of ether oxygens (including phenoxy) is 1. The van der Waals surface area contributed by atoms with Crippen molar-refractivity contribution in [1.82, 2.24) is 19.8 Å². The van der Waals surface area contributed by atoms with E-state index in [1.807, 2.05) is 0 Å². The number of fused-ring (bicyclic) bond motifs is 1. The van der Waals surface area contributed by atoms with E-state index >= 15 is 0 Å². The van der Waals surface area contributed by atoms with E-state index in [-0.39, 0.29) is 17.2 Å². The second-order valence-electron chi connectivity index (χ2n) is 4.31. The summed E-state index contributed by atoms with van der Waals surface area (Å²) < 4.78 is 6.84. The van der Waals surface area contributed by atoms with Gasteiger partial charge in [0, 0.05) is 11.8 Å². The van der Waals surface area contributed by atoms with Crippen LogP contribution in [0.25, 0.3) is 4.96 Å². The largest absolute Gasteiger partial charge is 0.497 e. The minimum atomic E-state index is -0.348. The number of rotatable bonds is 5. The fourth-order valence-electron chi connectivity index (χ4n) is 1.74. The number of hydrogen-bond donors (Lipinski definition) is 1. The summed E-state index contributed by atoms with van der Waals surface area (Å²) in [5.74, 6) is 0.652. The lowest BCUT2D eigenvalue weighted by molar-refractivity contribution is -0.113. The predicted molar refractivity (Wildman–Crippen MR) is 87.3 cm³/mol. The van der Waals surface area contributed by atoms with Crippen molar-refractivity contribution in [1.29, 1.82) is 0 Å². The van der Waals surface area contributed by atoms with E-state index in [9.17, 15) is 9.59 Å². The number of benzene rings is 1. The van der Waals surface area contributed by atoms with E-state index in [2.05, 4.69) is 20.6 Å². The van der Waals surface area contributed by atoms with Crippen LogP contribution in [0, 0.1) is 0 Å². The molecule has 0 spiro atoms. The minimum absolute atomic E-state index is 0.166.